The third-order valence-electron chi connectivity index (χ3n) is 4.36. The summed E-state index contributed by atoms with van der Waals surface area (Å²) in [5, 5.41) is 0.690. The number of hydrogen-bond donors (Lipinski definition) is 0. The molecule has 0 unspecified atom stereocenters. The number of ether oxygens (including phenoxy) is 2. The van der Waals surface area contributed by atoms with Crippen LogP contribution in [0, 0.1) is 0 Å². The van der Waals surface area contributed by atoms with Crippen LogP contribution in [0.1, 0.15) is 16.8 Å². The van der Waals surface area contributed by atoms with E-state index in [1.165, 1.54) is 11.3 Å². The standard InChI is InChI=1S/C21H25N3O3S.ClH/c1-23(2)11-6-12-24(20(25)15-7-5-8-16(13-15)26-3)21-22-18-14-17(27-4)9-10-19(18)28-21;/h5,7-10,13-14H,6,11-12H2,1-4H3;1H. The first-order chi connectivity index (χ1) is 13.5. The van der Waals surface area contributed by atoms with E-state index in [1.807, 2.05) is 44.4 Å². The fourth-order valence-corrected chi connectivity index (χ4v) is 3.85. The number of halogens is 1. The van der Waals surface area contributed by atoms with Crippen LogP contribution in [0.3, 0.4) is 0 Å². The molecule has 6 nitrogen and oxygen atoms in total. The molecule has 1 amide bonds. The molecule has 0 aliphatic heterocycles. The quantitative estimate of drug-likeness (QED) is 0.527. The highest BCUT2D eigenvalue weighted by Gasteiger charge is 2.21. The topological polar surface area (TPSA) is 54.9 Å². The summed E-state index contributed by atoms with van der Waals surface area (Å²) in [7, 11) is 7.28. The van der Waals surface area contributed by atoms with Crippen LogP contribution in [0.2, 0.25) is 0 Å². The maximum absolute atomic E-state index is 13.3. The molecule has 0 radical (unpaired) electrons. The zero-order valence-electron chi connectivity index (χ0n) is 17.0. The largest absolute Gasteiger partial charge is 0.497 e. The molecule has 156 valence electrons. The van der Waals surface area contributed by atoms with Gasteiger partial charge in [-0.1, -0.05) is 17.4 Å². The molecule has 0 spiro atoms. The zero-order valence-corrected chi connectivity index (χ0v) is 18.7. The van der Waals surface area contributed by atoms with E-state index in [-0.39, 0.29) is 18.3 Å². The Labute approximate surface area is 181 Å². The molecule has 0 aliphatic carbocycles. The number of methoxy groups -OCH3 is 2. The van der Waals surface area contributed by atoms with Crippen molar-refractivity contribution in [1.29, 1.82) is 0 Å². The number of hydrogen-bond acceptors (Lipinski definition) is 6. The van der Waals surface area contributed by atoms with E-state index in [9.17, 15) is 4.79 Å². The fraction of sp³-hybridized carbons (Fsp3) is 0.333. The maximum Gasteiger partial charge on any atom is 0.260 e. The van der Waals surface area contributed by atoms with Gasteiger partial charge in [-0.2, -0.15) is 0 Å². The van der Waals surface area contributed by atoms with Gasteiger partial charge in [-0.05, 0) is 57.4 Å². The molecule has 1 aromatic heterocycles. The van der Waals surface area contributed by atoms with Gasteiger partial charge in [0.25, 0.3) is 5.91 Å². The van der Waals surface area contributed by atoms with Crippen LogP contribution < -0.4 is 14.4 Å². The maximum atomic E-state index is 13.3. The predicted molar refractivity (Wildman–Crippen MR) is 121 cm³/mol. The van der Waals surface area contributed by atoms with Crippen molar-refractivity contribution in [3.8, 4) is 11.5 Å². The Morgan fingerprint density at radius 1 is 1.03 bits per heavy atom. The van der Waals surface area contributed by atoms with E-state index >= 15 is 0 Å². The number of anilines is 1. The van der Waals surface area contributed by atoms with E-state index < -0.39 is 0 Å². The number of benzene rings is 2. The lowest BCUT2D eigenvalue weighted by Gasteiger charge is -2.21. The van der Waals surface area contributed by atoms with Gasteiger partial charge in [0, 0.05) is 18.2 Å². The third-order valence-corrected chi connectivity index (χ3v) is 5.42. The summed E-state index contributed by atoms with van der Waals surface area (Å²) in [5.74, 6) is 1.33. The number of amides is 1. The summed E-state index contributed by atoms with van der Waals surface area (Å²) in [6.45, 7) is 1.48. The van der Waals surface area contributed by atoms with Gasteiger partial charge in [0.2, 0.25) is 0 Å². The number of nitrogens with zero attached hydrogens (tertiary/aromatic N) is 3. The van der Waals surface area contributed by atoms with Crippen LogP contribution >= 0.6 is 23.7 Å². The van der Waals surface area contributed by atoms with Crippen LogP contribution in [0.4, 0.5) is 5.13 Å². The van der Waals surface area contributed by atoms with E-state index in [0.29, 0.717) is 23.0 Å². The summed E-state index contributed by atoms with van der Waals surface area (Å²) in [6.07, 6.45) is 0.849. The summed E-state index contributed by atoms with van der Waals surface area (Å²) in [5.41, 5.74) is 1.41. The minimum absolute atomic E-state index is 0. The van der Waals surface area contributed by atoms with Crippen molar-refractivity contribution in [2.45, 2.75) is 6.42 Å². The Balaban J connectivity index is 0.00000300. The highest BCUT2D eigenvalue weighted by atomic mass is 35.5. The number of aromatic nitrogens is 1. The Morgan fingerprint density at radius 3 is 2.45 bits per heavy atom. The molecular formula is C21H26ClN3O3S. The molecule has 0 saturated carbocycles. The van der Waals surface area contributed by atoms with E-state index in [1.54, 1.807) is 31.3 Å². The monoisotopic (exact) mass is 435 g/mol. The fourth-order valence-electron chi connectivity index (χ4n) is 2.88. The Kier molecular flexibility index (Phi) is 8.25. The lowest BCUT2D eigenvalue weighted by molar-refractivity contribution is 0.0985. The molecule has 0 aliphatic rings. The average Bonchev–Trinajstić information content (AvgIpc) is 3.13. The second-order valence-corrected chi connectivity index (χ2v) is 7.68. The van der Waals surface area contributed by atoms with Crippen molar-refractivity contribution in [3.63, 3.8) is 0 Å². The van der Waals surface area contributed by atoms with Crippen LogP contribution in [0.5, 0.6) is 11.5 Å². The first-order valence-electron chi connectivity index (χ1n) is 9.07. The van der Waals surface area contributed by atoms with Crippen molar-refractivity contribution < 1.29 is 14.3 Å². The molecule has 3 rings (SSSR count). The SMILES string of the molecule is COc1cccc(C(=O)N(CCCN(C)C)c2nc3cc(OC)ccc3s2)c1.Cl. The summed E-state index contributed by atoms with van der Waals surface area (Å²) >= 11 is 1.51. The second kappa shape index (κ2) is 10.4. The minimum Gasteiger partial charge on any atom is -0.497 e. The first kappa shape index (κ1) is 22.9. The number of rotatable bonds is 8. The molecule has 0 saturated heterocycles. The van der Waals surface area contributed by atoms with Crippen LogP contribution in [0.15, 0.2) is 42.5 Å². The van der Waals surface area contributed by atoms with Crippen molar-refractivity contribution in [1.82, 2.24) is 9.88 Å². The molecule has 3 aromatic rings. The molecule has 29 heavy (non-hydrogen) atoms. The van der Waals surface area contributed by atoms with E-state index in [2.05, 4.69) is 4.90 Å². The molecule has 0 bridgehead atoms. The van der Waals surface area contributed by atoms with E-state index in [4.69, 9.17) is 14.5 Å². The molecule has 0 N–H and O–H groups in total. The predicted octanol–water partition coefficient (Wildman–Crippen LogP) is 4.33. The zero-order chi connectivity index (χ0) is 20.1. The van der Waals surface area contributed by atoms with Gasteiger partial charge in [-0.3, -0.25) is 9.69 Å². The van der Waals surface area contributed by atoms with Gasteiger partial charge in [0.1, 0.15) is 11.5 Å². The molecule has 2 aromatic carbocycles. The highest BCUT2D eigenvalue weighted by molar-refractivity contribution is 7.22. The summed E-state index contributed by atoms with van der Waals surface area (Å²) < 4.78 is 11.6. The summed E-state index contributed by atoms with van der Waals surface area (Å²) in [6, 6.07) is 13.0. The number of carbonyl (C=O) groups is 1. The van der Waals surface area contributed by atoms with Crippen LogP contribution in [-0.2, 0) is 0 Å². The van der Waals surface area contributed by atoms with Gasteiger partial charge in [-0.15, -0.1) is 12.4 Å². The number of thiazole rings is 1. The number of fused-ring (bicyclic) bond motifs is 1. The Bertz CT molecular complexity index is 961. The molecule has 0 fully saturated rings. The minimum atomic E-state index is -0.0799. The highest BCUT2D eigenvalue weighted by Crippen LogP contribution is 2.32. The lowest BCUT2D eigenvalue weighted by atomic mass is 10.2. The number of carbonyl (C=O) groups excluding carboxylic acids is 1. The van der Waals surface area contributed by atoms with Gasteiger partial charge >= 0.3 is 0 Å². The van der Waals surface area contributed by atoms with Crippen molar-refractivity contribution >= 4 is 45.0 Å². The van der Waals surface area contributed by atoms with Crippen LogP contribution in [-0.4, -0.2) is 57.2 Å². The van der Waals surface area contributed by atoms with Gasteiger partial charge < -0.3 is 14.4 Å². The van der Waals surface area contributed by atoms with Gasteiger partial charge in [0.05, 0.1) is 24.4 Å². The Morgan fingerprint density at radius 2 is 1.76 bits per heavy atom. The van der Waals surface area contributed by atoms with Crippen LogP contribution in [0.25, 0.3) is 10.2 Å². The van der Waals surface area contributed by atoms with Crippen molar-refractivity contribution in [2.24, 2.45) is 0 Å². The van der Waals surface area contributed by atoms with Crippen molar-refractivity contribution in [3.05, 3.63) is 48.0 Å². The molecular weight excluding hydrogens is 410 g/mol. The van der Waals surface area contributed by atoms with Gasteiger partial charge in [0.15, 0.2) is 5.13 Å². The smallest absolute Gasteiger partial charge is 0.260 e. The lowest BCUT2D eigenvalue weighted by Crippen LogP contribution is -2.33. The summed E-state index contributed by atoms with van der Waals surface area (Å²) in [4.78, 5) is 21.9. The Hall–Kier alpha value is -2.35. The average molecular weight is 436 g/mol. The molecule has 1 heterocycles. The van der Waals surface area contributed by atoms with E-state index in [0.717, 1.165) is 28.9 Å². The third kappa shape index (κ3) is 5.59. The molecule has 0 atom stereocenters. The van der Waals surface area contributed by atoms with Crippen molar-refractivity contribution in [2.75, 3.05) is 46.3 Å². The van der Waals surface area contributed by atoms with Gasteiger partial charge in [-0.25, -0.2) is 4.98 Å². The first-order valence-corrected chi connectivity index (χ1v) is 9.88. The second-order valence-electron chi connectivity index (χ2n) is 6.68. The molecule has 8 heteroatoms. The normalized spacial score (nSPS) is 10.7.